The van der Waals surface area contributed by atoms with E-state index >= 15 is 0 Å². The molecule has 152 valence electrons. The average molecular weight is 456 g/mol. The maximum atomic E-state index is 12.1. The van der Waals surface area contributed by atoms with Crippen molar-refractivity contribution in [1.82, 2.24) is 4.72 Å². The number of esters is 1. The number of ether oxygens (including phenoxy) is 1. The van der Waals surface area contributed by atoms with Crippen LogP contribution in [0.25, 0.3) is 0 Å². The molecule has 2 aromatic carbocycles. The van der Waals surface area contributed by atoms with Gasteiger partial charge in [0.2, 0.25) is 0 Å². The molecule has 11 heteroatoms. The highest BCUT2D eigenvalue weighted by atomic mass is 35.5. The fourth-order valence-electron chi connectivity index (χ4n) is 2.51. The molecule has 1 aliphatic rings. The van der Waals surface area contributed by atoms with Crippen LogP contribution in [-0.2, 0) is 24.3 Å². The summed E-state index contributed by atoms with van der Waals surface area (Å²) in [5.41, 5.74) is 0.685. The fraction of sp³-hybridized carbons (Fsp3) is 0.167. The number of benzene rings is 2. The van der Waals surface area contributed by atoms with E-state index < -0.39 is 34.5 Å². The highest BCUT2D eigenvalue weighted by Gasteiger charge is 2.31. The van der Waals surface area contributed by atoms with Crippen LogP contribution >= 0.6 is 23.2 Å². The molecular formula is C18H15Cl2N3O5S. The molecule has 0 saturated carbocycles. The van der Waals surface area contributed by atoms with Crippen LogP contribution in [-0.4, -0.2) is 38.8 Å². The van der Waals surface area contributed by atoms with Crippen molar-refractivity contribution >= 4 is 56.6 Å². The van der Waals surface area contributed by atoms with Gasteiger partial charge >= 0.3 is 5.97 Å². The van der Waals surface area contributed by atoms with Gasteiger partial charge in [-0.3, -0.25) is 14.5 Å². The predicted molar refractivity (Wildman–Crippen MR) is 109 cm³/mol. The first-order chi connectivity index (χ1) is 13.7. The van der Waals surface area contributed by atoms with Crippen LogP contribution in [0.5, 0.6) is 0 Å². The van der Waals surface area contributed by atoms with Gasteiger partial charge in [-0.05, 0) is 37.3 Å². The number of amidine groups is 1. The first-order valence-electron chi connectivity index (χ1n) is 8.29. The highest BCUT2D eigenvalue weighted by molar-refractivity contribution is 7.90. The van der Waals surface area contributed by atoms with Crippen molar-refractivity contribution in [2.45, 2.75) is 17.9 Å². The third-order valence-corrected chi connectivity index (χ3v) is 5.82. The first kappa shape index (κ1) is 21.1. The number of amides is 1. The third-order valence-electron chi connectivity index (χ3n) is 3.88. The summed E-state index contributed by atoms with van der Waals surface area (Å²) < 4.78 is 31.4. The van der Waals surface area contributed by atoms with E-state index in [1.165, 1.54) is 25.1 Å². The van der Waals surface area contributed by atoms with Crippen LogP contribution < -0.4 is 10.0 Å². The summed E-state index contributed by atoms with van der Waals surface area (Å²) in [6.07, 6.45) is 0. The Balaban J connectivity index is 1.61. The molecule has 1 heterocycles. The van der Waals surface area contributed by atoms with Crippen molar-refractivity contribution in [3.8, 4) is 0 Å². The number of anilines is 1. The number of carbonyl (C=O) groups is 2. The SMILES string of the molecule is C[C@@H](N=C1NS(=O)(=O)c2ccccc21)C(=O)OCC(=O)Nc1ccc(Cl)cc1Cl. The van der Waals surface area contributed by atoms with E-state index in [1.807, 2.05) is 0 Å². The van der Waals surface area contributed by atoms with Gasteiger partial charge in [-0.2, -0.15) is 0 Å². The van der Waals surface area contributed by atoms with Crippen molar-refractivity contribution in [3.63, 3.8) is 0 Å². The van der Waals surface area contributed by atoms with Crippen molar-refractivity contribution in [1.29, 1.82) is 0 Å². The van der Waals surface area contributed by atoms with Gasteiger partial charge in [0.1, 0.15) is 11.9 Å². The van der Waals surface area contributed by atoms with E-state index in [0.717, 1.165) is 0 Å². The minimum absolute atomic E-state index is 0.0439. The third kappa shape index (κ3) is 4.87. The largest absolute Gasteiger partial charge is 0.454 e. The molecule has 0 spiro atoms. The summed E-state index contributed by atoms with van der Waals surface area (Å²) in [5.74, 6) is -1.35. The molecule has 0 bridgehead atoms. The standard InChI is InChI=1S/C18H15Cl2N3O5S/c1-10(21-17-12-4-2-3-5-15(12)29(26,27)23-17)18(25)28-9-16(24)22-14-7-6-11(19)8-13(14)20/h2-8,10H,9H2,1H3,(H,21,23)(H,22,24)/t10-/m1/s1. The summed E-state index contributed by atoms with van der Waals surface area (Å²) in [7, 11) is -3.71. The second-order valence-corrected chi connectivity index (χ2v) is 8.53. The number of carbonyl (C=O) groups excluding carboxylic acids is 2. The van der Waals surface area contributed by atoms with Crippen molar-refractivity contribution < 1.29 is 22.7 Å². The van der Waals surface area contributed by atoms with Crippen molar-refractivity contribution in [3.05, 3.63) is 58.1 Å². The maximum absolute atomic E-state index is 12.1. The number of hydrogen-bond acceptors (Lipinski definition) is 6. The molecule has 0 radical (unpaired) electrons. The molecule has 0 saturated heterocycles. The normalized spacial score (nSPS) is 16.6. The fourth-order valence-corrected chi connectivity index (χ4v) is 4.21. The number of sulfonamides is 1. The number of hydrogen-bond donors (Lipinski definition) is 2. The smallest absolute Gasteiger partial charge is 0.331 e. The number of nitrogens with one attached hydrogen (secondary N) is 2. The van der Waals surface area contributed by atoms with Crippen LogP contribution in [0.1, 0.15) is 12.5 Å². The monoisotopic (exact) mass is 455 g/mol. The lowest BCUT2D eigenvalue weighted by atomic mass is 10.2. The first-order valence-corrected chi connectivity index (χ1v) is 10.5. The highest BCUT2D eigenvalue weighted by Crippen LogP contribution is 2.25. The Labute approximate surface area is 176 Å². The molecule has 8 nitrogen and oxygen atoms in total. The predicted octanol–water partition coefficient (Wildman–Crippen LogP) is 2.60. The number of fused-ring (bicyclic) bond motifs is 1. The number of aliphatic imine (C=N–C) groups is 1. The van der Waals surface area contributed by atoms with Gasteiger partial charge in [0.25, 0.3) is 15.9 Å². The van der Waals surface area contributed by atoms with Crippen LogP contribution in [0.3, 0.4) is 0 Å². The Morgan fingerprint density at radius 2 is 1.93 bits per heavy atom. The molecule has 2 N–H and O–H groups in total. The zero-order valence-corrected chi connectivity index (χ0v) is 17.3. The molecular weight excluding hydrogens is 441 g/mol. The van der Waals surface area contributed by atoms with Gasteiger partial charge in [0.15, 0.2) is 6.61 Å². The summed E-state index contributed by atoms with van der Waals surface area (Å²) in [5, 5.41) is 3.15. The topological polar surface area (TPSA) is 114 Å². The van der Waals surface area contributed by atoms with Crippen LogP contribution in [0.2, 0.25) is 10.0 Å². The average Bonchev–Trinajstić information content (AvgIpc) is 2.92. The van der Waals surface area contributed by atoms with Crippen LogP contribution in [0, 0.1) is 0 Å². The van der Waals surface area contributed by atoms with E-state index in [9.17, 15) is 18.0 Å². The summed E-state index contributed by atoms with van der Waals surface area (Å²) in [6, 6.07) is 9.75. The second-order valence-electron chi connectivity index (χ2n) is 6.04. The quantitative estimate of drug-likeness (QED) is 0.672. The lowest BCUT2D eigenvalue weighted by Crippen LogP contribution is -2.28. The number of halogens is 2. The number of rotatable bonds is 5. The maximum Gasteiger partial charge on any atom is 0.331 e. The molecule has 3 rings (SSSR count). The molecule has 29 heavy (non-hydrogen) atoms. The minimum atomic E-state index is -3.71. The van der Waals surface area contributed by atoms with E-state index in [0.29, 0.717) is 16.3 Å². The molecule has 0 unspecified atom stereocenters. The van der Waals surface area contributed by atoms with E-state index in [4.69, 9.17) is 27.9 Å². The summed E-state index contributed by atoms with van der Waals surface area (Å²) >= 11 is 11.8. The molecule has 0 fully saturated rings. The van der Waals surface area contributed by atoms with Gasteiger partial charge in [0, 0.05) is 10.6 Å². The van der Waals surface area contributed by atoms with Gasteiger partial charge in [-0.1, -0.05) is 35.3 Å². The van der Waals surface area contributed by atoms with Crippen molar-refractivity contribution in [2.24, 2.45) is 4.99 Å². The van der Waals surface area contributed by atoms with Crippen LogP contribution in [0.15, 0.2) is 52.4 Å². The molecule has 1 aliphatic heterocycles. The Kier molecular flexibility index (Phi) is 6.11. The Morgan fingerprint density at radius 1 is 1.21 bits per heavy atom. The van der Waals surface area contributed by atoms with Gasteiger partial charge in [0.05, 0.1) is 15.6 Å². The summed E-state index contributed by atoms with van der Waals surface area (Å²) in [6.45, 7) is 0.869. The number of nitrogens with zero attached hydrogens (tertiary/aromatic N) is 1. The lowest BCUT2D eigenvalue weighted by molar-refractivity contribution is -0.148. The minimum Gasteiger partial charge on any atom is -0.454 e. The Hall–Kier alpha value is -2.62. The molecule has 1 atom stereocenters. The second kappa shape index (κ2) is 8.40. The lowest BCUT2D eigenvalue weighted by Gasteiger charge is -2.10. The molecule has 0 aromatic heterocycles. The van der Waals surface area contributed by atoms with Gasteiger partial charge in [-0.15, -0.1) is 0 Å². The van der Waals surface area contributed by atoms with Crippen LogP contribution in [0.4, 0.5) is 5.69 Å². The van der Waals surface area contributed by atoms with Gasteiger partial charge < -0.3 is 10.1 Å². The van der Waals surface area contributed by atoms with E-state index in [-0.39, 0.29) is 15.8 Å². The zero-order chi connectivity index (χ0) is 21.2. The van der Waals surface area contributed by atoms with Gasteiger partial charge in [-0.25, -0.2) is 13.2 Å². The van der Waals surface area contributed by atoms with Crippen molar-refractivity contribution in [2.75, 3.05) is 11.9 Å². The summed E-state index contributed by atoms with van der Waals surface area (Å²) in [4.78, 5) is 28.3. The Bertz CT molecular complexity index is 1120. The zero-order valence-electron chi connectivity index (χ0n) is 15.0. The molecule has 2 aromatic rings. The molecule has 1 amide bonds. The Morgan fingerprint density at radius 3 is 2.66 bits per heavy atom. The van der Waals surface area contributed by atoms with E-state index in [2.05, 4.69) is 15.0 Å². The van der Waals surface area contributed by atoms with E-state index in [1.54, 1.807) is 24.3 Å². The molecule has 0 aliphatic carbocycles.